The minimum atomic E-state index is -1.18. The van der Waals surface area contributed by atoms with Gasteiger partial charge in [-0.2, -0.15) is 0 Å². The van der Waals surface area contributed by atoms with E-state index in [0.717, 1.165) is 0 Å². The van der Waals surface area contributed by atoms with E-state index in [-0.39, 0.29) is 23.4 Å². The number of aliphatic hydroxyl groups excluding tert-OH is 1. The molecule has 23 heavy (non-hydrogen) atoms. The average molecular weight is 318 g/mol. The van der Waals surface area contributed by atoms with Crippen LogP contribution in [0.2, 0.25) is 0 Å². The number of nitrogens with one attached hydrogen (secondary N) is 1. The molecule has 0 radical (unpaired) electrons. The molecule has 0 aliphatic heterocycles. The number of nitrogens with zero attached hydrogens (tertiary/aromatic N) is 1. The molecule has 7 heteroatoms. The van der Waals surface area contributed by atoms with Crippen LogP contribution in [0.3, 0.4) is 0 Å². The summed E-state index contributed by atoms with van der Waals surface area (Å²) in [6.45, 7) is 1.36. The van der Waals surface area contributed by atoms with Gasteiger partial charge in [-0.25, -0.2) is 4.39 Å². The Hall–Kier alpha value is -2.80. The Labute approximate surface area is 131 Å². The molecule has 2 aromatic rings. The van der Waals surface area contributed by atoms with Gasteiger partial charge in [0, 0.05) is 29.3 Å². The van der Waals surface area contributed by atoms with Gasteiger partial charge in [0.2, 0.25) is 0 Å². The number of halogens is 1. The third kappa shape index (κ3) is 3.89. The molecule has 0 aliphatic rings. The van der Waals surface area contributed by atoms with Crippen molar-refractivity contribution in [3.8, 4) is 0 Å². The van der Waals surface area contributed by atoms with E-state index in [1.807, 2.05) is 0 Å². The van der Waals surface area contributed by atoms with Crippen LogP contribution in [0.5, 0.6) is 0 Å². The van der Waals surface area contributed by atoms with Crippen molar-refractivity contribution >= 4 is 11.6 Å². The molecule has 1 unspecified atom stereocenters. The van der Waals surface area contributed by atoms with E-state index in [9.17, 15) is 24.4 Å². The number of hydrogen-bond donors (Lipinski definition) is 2. The maximum Gasteiger partial charge on any atom is 0.272 e. The fraction of sp³-hybridized carbons (Fsp3) is 0.188. The number of rotatable bonds is 5. The predicted octanol–water partition coefficient (Wildman–Crippen LogP) is 2.51. The molecule has 1 amide bonds. The minimum Gasteiger partial charge on any atom is -0.386 e. The standard InChI is InChI=1S/C16H15FN2O4/c1-10-8-11(6-7-14(10)19(22)23)16(21)18-9-15(20)12-4-2-3-5-13(12)17/h2-8,15,20H,9H2,1H3,(H,18,21). The number of aryl methyl sites for hydroxylation is 1. The van der Waals surface area contributed by atoms with Gasteiger partial charge in [0.15, 0.2) is 0 Å². The molecule has 0 aromatic heterocycles. The number of nitro groups is 1. The van der Waals surface area contributed by atoms with E-state index in [4.69, 9.17) is 0 Å². The van der Waals surface area contributed by atoms with E-state index < -0.39 is 22.8 Å². The van der Waals surface area contributed by atoms with Crippen LogP contribution in [0.25, 0.3) is 0 Å². The topological polar surface area (TPSA) is 92.5 Å². The lowest BCUT2D eigenvalue weighted by atomic mass is 10.1. The zero-order valence-electron chi connectivity index (χ0n) is 12.3. The van der Waals surface area contributed by atoms with Crippen LogP contribution in [0.4, 0.5) is 10.1 Å². The summed E-state index contributed by atoms with van der Waals surface area (Å²) in [5.41, 5.74) is 0.603. The largest absolute Gasteiger partial charge is 0.386 e. The second-order valence-corrected chi connectivity index (χ2v) is 5.01. The SMILES string of the molecule is Cc1cc(C(=O)NCC(O)c2ccccc2F)ccc1[N+](=O)[O-]. The Kier molecular flexibility index (Phi) is 5.02. The Bertz CT molecular complexity index is 749. The van der Waals surface area contributed by atoms with Crippen molar-refractivity contribution in [1.29, 1.82) is 0 Å². The lowest BCUT2D eigenvalue weighted by Gasteiger charge is -2.13. The molecule has 0 fully saturated rings. The molecule has 0 saturated carbocycles. The number of nitro benzene ring substituents is 1. The first-order valence-corrected chi connectivity index (χ1v) is 6.86. The highest BCUT2D eigenvalue weighted by Gasteiger charge is 2.16. The van der Waals surface area contributed by atoms with Gasteiger partial charge in [0.25, 0.3) is 11.6 Å². The molecule has 0 spiro atoms. The van der Waals surface area contributed by atoms with E-state index in [1.165, 1.54) is 43.3 Å². The summed E-state index contributed by atoms with van der Waals surface area (Å²) < 4.78 is 13.5. The summed E-state index contributed by atoms with van der Waals surface area (Å²) in [5, 5.41) is 23.1. The van der Waals surface area contributed by atoms with Crippen molar-refractivity contribution in [2.75, 3.05) is 6.54 Å². The van der Waals surface area contributed by atoms with E-state index >= 15 is 0 Å². The van der Waals surface area contributed by atoms with Crippen molar-refractivity contribution in [3.63, 3.8) is 0 Å². The molecular weight excluding hydrogens is 303 g/mol. The van der Waals surface area contributed by atoms with Gasteiger partial charge >= 0.3 is 0 Å². The van der Waals surface area contributed by atoms with Crippen LogP contribution in [-0.2, 0) is 0 Å². The smallest absolute Gasteiger partial charge is 0.272 e. The van der Waals surface area contributed by atoms with Crippen molar-refractivity contribution in [1.82, 2.24) is 5.32 Å². The summed E-state index contributed by atoms with van der Waals surface area (Å²) in [6, 6.07) is 9.71. The molecular formula is C16H15FN2O4. The third-order valence-corrected chi connectivity index (χ3v) is 3.38. The van der Waals surface area contributed by atoms with Crippen LogP contribution in [0.1, 0.15) is 27.6 Å². The van der Waals surface area contributed by atoms with Crippen LogP contribution >= 0.6 is 0 Å². The summed E-state index contributed by atoms with van der Waals surface area (Å²) in [7, 11) is 0. The van der Waals surface area contributed by atoms with Gasteiger partial charge in [-0.05, 0) is 25.1 Å². The normalized spacial score (nSPS) is 11.8. The van der Waals surface area contributed by atoms with Gasteiger partial charge in [0.05, 0.1) is 11.0 Å². The van der Waals surface area contributed by atoms with Crippen LogP contribution < -0.4 is 5.32 Å². The maximum atomic E-state index is 13.5. The third-order valence-electron chi connectivity index (χ3n) is 3.38. The first-order chi connectivity index (χ1) is 10.9. The van der Waals surface area contributed by atoms with Gasteiger partial charge in [0.1, 0.15) is 5.82 Å². The second kappa shape index (κ2) is 6.97. The lowest BCUT2D eigenvalue weighted by Crippen LogP contribution is -2.28. The minimum absolute atomic E-state index is 0.0760. The van der Waals surface area contributed by atoms with Gasteiger partial charge < -0.3 is 10.4 Å². The summed E-state index contributed by atoms with van der Waals surface area (Å²) >= 11 is 0. The van der Waals surface area contributed by atoms with Gasteiger partial charge in [-0.1, -0.05) is 18.2 Å². The molecule has 2 aromatic carbocycles. The highest BCUT2D eigenvalue weighted by Crippen LogP contribution is 2.19. The number of carbonyl (C=O) groups is 1. The van der Waals surface area contributed by atoms with Crippen molar-refractivity contribution in [2.24, 2.45) is 0 Å². The highest BCUT2D eigenvalue weighted by molar-refractivity contribution is 5.94. The van der Waals surface area contributed by atoms with Crippen LogP contribution in [-0.4, -0.2) is 22.5 Å². The Balaban J connectivity index is 2.04. The van der Waals surface area contributed by atoms with Crippen molar-refractivity contribution in [2.45, 2.75) is 13.0 Å². The van der Waals surface area contributed by atoms with E-state index in [2.05, 4.69) is 5.32 Å². The number of carbonyl (C=O) groups excluding carboxylic acids is 1. The second-order valence-electron chi connectivity index (χ2n) is 5.01. The first-order valence-electron chi connectivity index (χ1n) is 6.86. The summed E-state index contributed by atoms with van der Waals surface area (Å²) in [6.07, 6.45) is -1.18. The molecule has 1 atom stereocenters. The first kappa shape index (κ1) is 16.6. The van der Waals surface area contributed by atoms with E-state index in [0.29, 0.717) is 5.56 Å². The zero-order valence-corrected chi connectivity index (χ0v) is 12.3. The quantitative estimate of drug-likeness (QED) is 0.654. The van der Waals surface area contributed by atoms with Crippen LogP contribution in [0, 0.1) is 22.9 Å². The highest BCUT2D eigenvalue weighted by atomic mass is 19.1. The zero-order chi connectivity index (χ0) is 17.0. The molecule has 0 heterocycles. The number of hydrogen-bond acceptors (Lipinski definition) is 4. The Morgan fingerprint density at radius 2 is 2.04 bits per heavy atom. The molecule has 0 saturated heterocycles. The lowest BCUT2D eigenvalue weighted by molar-refractivity contribution is -0.385. The van der Waals surface area contributed by atoms with Crippen molar-refractivity contribution < 1.29 is 19.2 Å². The Morgan fingerprint density at radius 3 is 2.65 bits per heavy atom. The number of benzene rings is 2. The molecule has 2 rings (SSSR count). The summed E-state index contributed by atoms with van der Waals surface area (Å²) in [4.78, 5) is 22.2. The monoisotopic (exact) mass is 318 g/mol. The van der Waals surface area contributed by atoms with Gasteiger partial charge in [-0.3, -0.25) is 14.9 Å². The maximum absolute atomic E-state index is 13.5. The molecule has 2 N–H and O–H groups in total. The van der Waals surface area contributed by atoms with E-state index in [1.54, 1.807) is 6.07 Å². The fourth-order valence-electron chi connectivity index (χ4n) is 2.15. The van der Waals surface area contributed by atoms with Crippen LogP contribution in [0.15, 0.2) is 42.5 Å². The molecule has 120 valence electrons. The fourth-order valence-corrected chi connectivity index (χ4v) is 2.15. The molecule has 0 aliphatic carbocycles. The predicted molar refractivity (Wildman–Crippen MR) is 81.5 cm³/mol. The molecule has 0 bridgehead atoms. The number of aliphatic hydroxyl groups is 1. The Morgan fingerprint density at radius 1 is 1.35 bits per heavy atom. The summed E-state index contributed by atoms with van der Waals surface area (Å²) in [5.74, 6) is -1.06. The molecule has 6 nitrogen and oxygen atoms in total. The van der Waals surface area contributed by atoms with Crippen molar-refractivity contribution in [3.05, 3.63) is 75.1 Å². The average Bonchev–Trinajstić information content (AvgIpc) is 2.52. The van der Waals surface area contributed by atoms with Gasteiger partial charge in [-0.15, -0.1) is 0 Å². The number of amides is 1.